The summed E-state index contributed by atoms with van der Waals surface area (Å²) in [5, 5.41) is 18.2. The van der Waals surface area contributed by atoms with E-state index in [1.54, 1.807) is 33.5 Å². The van der Waals surface area contributed by atoms with Gasteiger partial charge in [0, 0.05) is 29.8 Å². The molecule has 0 radical (unpaired) electrons. The lowest BCUT2D eigenvalue weighted by Crippen LogP contribution is -2.27. The molecule has 0 aromatic heterocycles. The minimum absolute atomic E-state index is 0.00235. The number of carbonyl (C=O) groups excluding carboxylic acids is 1. The summed E-state index contributed by atoms with van der Waals surface area (Å²) < 4.78 is 16.5. The van der Waals surface area contributed by atoms with Crippen molar-refractivity contribution in [2.45, 2.75) is 24.8 Å². The molecule has 9 nitrogen and oxygen atoms in total. The van der Waals surface area contributed by atoms with E-state index in [2.05, 4.69) is 10.6 Å². The number of carbonyl (C=O) groups is 1. The van der Waals surface area contributed by atoms with Crippen molar-refractivity contribution in [3.8, 4) is 17.2 Å². The van der Waals surface area contributed by atoms with Crippen molar-refractivity contribution in [2.75, 3.05) is 32.0 Å². The number of nitro benzene ring substituents is 1. The molecule has 1 aliphatic carbocycles. The van der Waals surface area contributed by atoms with Crippen LogP contribution in [-0.2, 0) is 4.79 Å². The molecule has 2 aliphatic rings. The van der Waals surface area contributed by atoms with Crippen LogP contribution in [0.25, 0.3) is 0 Å². The smallest absolute Gasteiger partial charge is 0.269 e. The van der Waals surface area contributed by atoms with Gasteiger partial charge in [0.05, 0.1) is 43.7 Å². The highest BCUT2D eigenvalue weighted by Crippen LogP contribution is 2.47. The van der Waals surface area contributed by atoms with Gasteiger partial charge in [-0.3, -0.25) is 14.9 Å². The van der Waals surface area contributed by atoms with Gasteiger partial charge in [0.25, 0.3) is 5.69 Å². The highest BCUT2D eigenvalue weighted by Gasteiger charge is 2.36. The van der Waals surface area contributed by atoms with Crippen molar-refractivity contribution in [3.05, 3.63) is 93.2 Å². The quantitative estimate of drug-likeness (QED) is 0.332. The molecule has 1 heterocycles. The number of rotatable bonds is 6. The van der Waals surface area contributed by atoms with Crippen molar-refractivity contribution in [1.82, 2.24) is 0 Å². The highest BCUT2D eigenvalue weighted by molar-refractivity contribution is 6.01. The van der Waals surface area contributed by atoms with Crippen LogP contribution in [0.3, 0.4) is 0 Å². The minimum Gasteiger partial charge on any atom is -0.493 e. The van der Waals surface area contributed by atoms with Gasteiger partial charge in [0.2, 0.25) is 5.75 Å². The molecule has 37 heavy (non-hydrogen) atoms. The first-order valence-electron chi connectivity index (χ1n) is 11.9. The van der Waals surface area contributed by atoms with Crippen LogP contribution in [0.15, 0.2) is 71.9 Å². The van der Waals surface area contributed by atoms with E-state index < -0.39 is 11.0 Å². The zero-order chi connectivity index (χ0) is 26.1. The van der Waals surface area contributed by atoms with Crippen LogP contribution in [0.4, 0.5) is 17.1 Å². The summed E-state index contributed by atoms with van der Waals surface area (Å²) in [5.41, 5.74) is 4.84. The minimum atomic E-state index is -0.458. The maximum Gasteiger partial charge on any atom is 0.269 e. The molecule has 1 aliphatic heterocycles. The van der Waals surface area contributed by atoms with Gasteiger partial charge >= 0.3 is 0 Å². The van der Waals surface area contributed by atoms with E-state index in [1.165, 1.54) is 12.1 Å². The number of allylic oxidation sites excluding steroid dienone is 1. The number of Topliss-reactive ketones (excluding diaryl/α,β-unsaturated/α-hetero) is 1. The van der Waals surface area contributed by atoms with Crippen LogP contribution in [0.2, 0.25) is 0 Å². The van der Waals surface area contributed by atoms with Crippen molar-refractivity contribution >= 4 is 22.8 Å². The summed E-state index contributed by atoms with van der Waals surface area (Å²) in [6.07, 6.45) is 0.875. The van der Waals surface area contributed by atoms with Crippen molar-refractivity contribution in [2.24, 2.45) is 0 Å². The van der Waals surface area contributed by atoms with Crippen LogP contribution in [0.1, 0.15) is 35.9 Å². The number of para-hydroxylation sites is 2. The van der Waals surface area contributed by atoms with Gasteiger partial charge in [-0.05, 0) is 59.9 Å². The Morgan fingerprint density at radius 1 is 0.865 bits per heavy atom. The summed E-state index contributed by atoms with van der Waals surface area (Å²) in [4.78, 5) is 24.5. The average molecular weight is 502 g/mol. The predicted molar refractivity (Wildman–Crippen MR) is 140 cm³/mol. The Morgan fingerprint density at radius 2 is 1.51 bits per heavy atom. The summed E-state index contributed by atoms with van der Waals surface area (Å²) in [7, 11) is 4.69. The maximum atomic E-state index is 13.8. The monoisotopic (exact) mass is 501 g/mol. The number of benzene rings is 3. The Labute approximate surface area is 214 Å². The Balaban J connectivity index is 1.58. The van der Waals surface area contributed by atoms with E-state index in [0.717, 1.165) is 28.2 Å². The lowest BCUT2D eigenvalue weighted by molar-refractivity contribution is -0.384. The highest BCUT2D eigenvalue weighted by atomic mass is 16.6. The van der Waals surface area contributed by atoms with Crippen LogP contribution in [-0.4, -0.2) is 32.0 Å². The molecular formula is C28H27N3O6. The van der Waals surface area contributed by atoms with Crippen molar-refractivity contribution in [3.63, 3.8) is 0 Å². The molecular weight excluding hydrogens is 474 g/mol. The van der Waals surface area contributed by atoms with Gasteiger partial charge in [0.1, 0.15) is 0 Å². The lowest BCUT2D eigenvalue weighted by Gasteiger charge is -2.30. The summed E-state index contributed by atoms with van der Waals surface area (Å²) in [6, 6.07) is 17.4. The molecule has 0 bridgehead atoms. The van der Waals surface area contributed by atoms with E-state index in [4.69, 9.17) is 14.2 Å². The van der Waals surface area contributed by atoms with E-state index >= 15 is 0 Å². The third-order valence-electron chi connectivity index (χ3n) is 6.90. The predicted octanol–water partition coefficient (Wildman–Crippen LogP) is 5.60. The molecule has 3 aromatic carbocycles. The van der Waals surface area contributed by atoms with Gasteiger partial charge in [-0.15, -0.1) is 0 Å². The second-order valence-corrected chi connectivity index (χ2v) is 8.98. The van der Waals surface area contributed by atoms with E-state index in [-0.39, 0.29) is 17.4 Å². The molecule has 2 N–H and O–H groups in total. The molecule has 0 saturated carbocycles. The number of non-ortho nitro benzene ring substituents is 1. The van der Waals surface area contributed by atoms with Crippen LogP contribution >= 0.6 is 0 Å². The third-order valence-corrected chi connectivity index (χ3v) is 6.90. The van der Waals surface area contributed by atoms with Gasteiger partial charge in [0.15, 0.2) is 17.3 Å². The molecule has 9 heteroatoms. The molecule has 190 valence electrons. The van der Waals surface area contributed by atoms with Gasteiger partial charge in [-0.25, -0.2) is 0 Å². The first kappa shape index (κ1) is 24.2. The van der Waals surface area contributed by atoms with Gasteiger partial charge in [-0.2, -0.15) is 0 Å². The molecule has 0 saturated heterocycles. The Morgan fingerprint density at radius 3 is 2.11 bits per heavy atom. The maximum absolute atomic E-state index is 13.8. The van der Waals surface area contributed by atoms with Crippen LogP contribution in [0.5, 0.6) is 17.2 Å². The standard InChI is InChI=1S/C28H27N3O6/c1-35-24-14-18(15-25(36-2)28(24)37-3)17-12-22-26(23(32)13-17)27(16-8-10-19(11-9-16)31(33)34)30-21-7-5-4-6-20(21)29-22/h4-11,14-15,17,27,29-30H,12-13H2,1-3H3/t17-,27+/m0/s1. The fourth-order valence-corrected chi connectivity index (χ4v) is 5.10. The number of nitrogens with zero attached hydrogens (tertiary/aromatic N) is 1. The molecule has 5 rings (SSSR count). The zero-order valence-corrected chi connectivity index (χ0v) is 20.7. The first-order valence-corrected chi connectivity index (χ1v) is 11.9. The van der Waals surface area contributed by atoms with Crippen LogP contribution in [0, 0.1) is 10.1 Å². The number of hydrogen-bond acceptors (Lipinski definition) is 8. The number of nitro groups is 1. The normalized spacial score (nSPS) is 18.5. The summed E-state index contributed by atoms with van der Waals surface area (Å²) >= 11 is 0. The van der Waals surface area contributed by atoms with E-state index in [9.17, 15) is 14.9 Å². The molecule has 0 fully saturated rings. The second-order valence-electron chi connectivity index (χ2n) is 8.98. The largest absolute Gasteiger partial charge is 0.493 e. The first-order chi connectivity index (χ1) is 17.9. The lowest BCUT2D eigenvalue weighted by atomic mass is 9.78. The van der Waals surface area contributed by atoms with E-state index in [0.29, 0.717) is 35.7 Å². The number of ether oxygens (including phenoxy) is 3. The fourth-order valence-electron chi connectivity index (χ4n) is 5.10. The Hall–Kier alpha value is -4.53. The molecule has 0 spiro atoms. The molecule has 3 aromatic rings. The molecule has 0 unspecified atom stereocenters. The van der Waals surface area contributed by atoms with Crippen molar-refractivity contribution in [1.29, 1.82) is 0 Å². The number of ketones is 1. The summed E-state index contributed by atoms with van der Waals surface area (Å²) in [5.74, 6) is 1.45. The fraction of sp³-hybridized carbons (Fsp3) is 0.250. The number of anilines is 2. The zero-order valence-electron chi connectivity index (χ0n) is 20.7. The summed E-state index contributed by atoms with van der Waals surface area (Å²) in [6.45, 7) is 0. The van der Waals surface area contributed by atoms with Gasteiger partial charge < -0.3 is 24.8 Å². The topological polar surface area (TPSA) is 112 Å². The number of methoxy groups -OCH3 is 3. The molecule has 0 amide bonds. The Kier molecular flexibility index (Phi) is 6.43. The van der Waals surface area contributed by atoms with Gasteiger partial charge in [-0.1, -0.05) is 12.1 Å². The second kappa shape index (κ2) is 9.85. The third kappa shape index (κ3) is 4.44. The number of fused-ring (bicyclic) bond motifs is 1. The van der Waals surface area contributed by atoms with Crippen LogP contribution < -0.4 is 24.8 Å². The number of hydrogen-bond donors (Lipinski definition) is 2. The molecule has 2 atom stereocenters. The Bertz CT molecular complexity index is 1370. The van der Waals surface area contributed by atoms with Crippen molar-refractivity contribution < 1.29 is 23.9 Å². The SMILES string of the molecule is COc1cc([C@@H]2CC(=O)C3=C(C2)Nc2ccccc2N[C@@H]3c2ccc([N+](=O)[O-])cc2)cc(OC)c1OC. The van der Waals surface area contributed by atoms with E-state index in [1.807, 2.05) is 36.4 Å². The average Bonchev–Trinajstić information content (AvgIpc) is 3.09. The number of nitrogens with one attached hydrogen (secondary N) is 2.